The van der Waals surface area contributed by atoms with Gasteiger partial charge in [0.05, 0.1) is 18.6 Å². The number of hydrogen-bond acceptors (Lipinski definition) is 1. The molecule has 7 heteroatoms. The molecule has 1 aliphatic rings. The highest BCUT2D eigenvalue weighted by Gasteiger charge is 2.36. The van der Waals surface area contributed by atoms with E-state index in [0.717, 1.165) is 0 Å². The van der Waals surface area contributed by atoms with Crippen molar-refractivity contribution in [1.29, 1.82) is 0 Å². The lowest BCUT2D eigenvalue weighted by Crippen LogP contribution is -3.17. The van der Waals surface area contributed by atoms with Gasteiger partial charge in [-0.1, -0.05) is 0 Å². The lowest BCUT2D eigenvalue weighted by atomic mass is 10.1. The lowest BCUT2D eigenvalue weighted by Gasteiger charge is -2.32. The molecule has 1 heterocycles. The molecule has 1 atom stereocenters. The molecule has 0 aromatic carbocycles. The van der Waals surface area contributed by atoms with Gasteiger partial charge in [-0.25, -0.2) is 4.90 Å². The molecule has 0 aromatic heterocycles. The Balaban J connectivity index is 0.000000494. The van der Waals surface area contributed by atoms with Crippen LogP contribution in [-0.4, -0.2) is 43.0 Å². The van der Waals surface area contributed by atoms with Gasteiger partial charge >= 0.3 is 7.25 Å². The predicted octanol–water partition coefficient (Wildman–Crippen LogP) is 2.04. The van der Waals surface area contributed by atoms with Crippen LogP contribution in [0.15, 0.2) is 0 Å². The summed E-state index contributed by atoms with van der Waals surface area (Å²) in [4.78, 5) is 4.29. The minimum Gasteiger partial charge on any atom is -0.418 e. The Morgan fingerprint density at radius 1 is 0.944 bits per heavy atom. The lowest BCUT2D eigenvalue weighted by molar-refractivity contribution is -0.939. The van der Waals surface area contributed by atoms with Crippen LogP contribution in [0.1, 0.15) is 41.5 Å². The molecule has 1 saturated heterocycles. The monoisotopic (exact) mass is 272 g/mol. The maximum Gasteiger partial charge on any atom is 0.673 e. The zero-order chi connectivity index (χ0) is 14.8. The molecule has 0 amide bonds. The van der Waals surface area contributed by atoms with Crippen molar-refractivity contribution in [3.63, 3.8) is 0 Å². The summed E-state index contributed by atoms with van der Waals surface area (Å²) in [5.41, 5.74) is 0.743. The van der Waals surface area contributed by atoms with Gasteiger partial charge < -0.3 is 22.2 Å². The van der Waals surface area contributed by atoms with Crippen molar-refractivity contribution in [2.75, 3.05) is 19.8 Å². The molecule has 18 heavy (non-hydrogen) atoms. The van der Waals surface area contributed by atoms with Gasteiger partial charge in [0.2, 0.25) is 0 Å². The minimum absolute atomic E-state index is 0.340. The topological polar surface area (TPSA) is 7.68 Å². The molecule has 0 aliphatic carbocycles. The van der Waals surface area contributed by atoms with Crippen LogP contribution in [0.4, 0.5) is 17.3 Å². The number of nitrogens with one attached hydrogen (secondary N) is 1. The van der Waals surface area contributed by atoms with Gasteiger partial charge in [-0.3, -0.25) is 0 Å². The molecule has 0 spiro atoms. The molecule has 1 fully saturated rings. The van der Waals surface area contributed by atoms with Gasteiger partial charge in [0.1, 0.15) is 6.67 Å². The third-order valence-electron chi connectivity index (χ3n) is 3.07. The average Bonchev–Trinajstić information content (AvgIpc) is 2.43. The van der Waals surface area contributed by atoms with Crippen molar-refractivity contribution in [3.8, 4) is 0 Å². The van der Waals surface area contributed by atoms with Crippen LogP contribution in [-0.2, 0) is 0 Å². The third-order valence-corrected chi connectivity index (χ3v) is 3.07. The van der Waals surface area contributed by atoms with E-state index in [-0.39, 0.29) is 0 Å². The van der Waals surface area contributed by atoms with E-state index in [2.05, 4.69) is 46.4 Å². The van der Waals surface area contributed by atoms with Crippen molar-refractivity contribution in [2.24, 2.45) is 0 Å². The van der Waals surface area contributed by atoms with Gasteiger partial charge in [0, 0.05) is 5.54 Å². The predicted molar refractivity (Wildman–Crippen MR) is 67.1 cm³/mol. The summed E-state index contributed by atoms with van der Waals surface area (Å²) in [7, 11) is -6.00. The van der Waals surface area contributed by atoms with E-state index >= 15 is 0 Å². The highest BCUT2D eigenvalue weighted by Crippen LogP contribution is 2.13. The Morgan fingerprint density at radius 2 is 1.33 bits per heavy atom. The quantitative estimate of drug-likeness (QED) is 0.524. The summed E-state index contributed by atoms with van der Waals surface area (Å²) in [6.07, 6.45) is 0. The van der Waals surface area contributed by atoms with Crippen molar-refractivity contribution >= 4 is 7.25 Å². The van der Waals surface area contributed by atoms with Crippen LogP contribution in [0.5, 0.6) is 0 Å². The van der Waals surface area contributed by atoms with Crippen LogP contribution >= 0.6 is 0 Å². The molecule has 0 radical (unpaired) electrons. The van der Waals surface area contributed by atoms with Crippen LogP contribution < -0.4 is 4.90 Å². The molecule has 1 rings (SSSR count). The molecule has 0 aromatic rings. The van der Waals surface area contributed by atoms with Crippen LogP contribution in [0, 0.1) is 0 Å². The first kappa shape index (κ1) is 17.7. The first-order chi connectivity index (χ1) is 7.71. The normalized spacial score (nSPS) is 22.7. The zero-order valence-electron chi connectivity index (χ0n) is 12.2. The molecule has 0 saturated carbocycles. The van der Waals surface area contributed by atoms with Gasteiger partial charge in [-0.05, 0) is 41.5 Å². The van der Waals surface area contributed by atoms with Crippen LogP contribution in [0.3, 0.4) is 0 Å². The zero-order valence-corrected chi connectivity index (χ0v) is 12.2. The van der Waals surface area contributed by atoms with E-state index in [1.165, 1.54) is 19.8 Å². The summed E-state index contributed by atoms with van der Waals surface area (Å²) in [6, 6.07) is 0. The first-order valence-corrected chi connectivity index (χ1v) is 6.19. The van der Waals surface area contributed by atoms with E-state index in [1.807, 2.05) is 0 Å². The highest BCUT2D eigenvalue weighted by molar-refractivity contribution is 6.50. The third kappa shape index (κ3) is 7.92. The maximum absolute atomic E-state index is 9.75. The second-order valence-electron chi connectivity index (χ2n) is 6.69. The molecule has 2 nitrogen and oxygen atoms in total. The summed E-state index contributed by atoms with van der Waals surface area (Å²) in [6.45, 7) is 17.6. The fraction of sp³-hybridized carbons (Fsp3) is 1.00. The molecule has 1 unspecified atom stereocenters. The van der Waals surface area contributed by atoms with Crippen LogP contribution in [0.25, 0.3) is 0 Å². The Bertz CT molecular complexity index is 229. The Morgan fingerprint density at radius 3 is 1.50 bits per heavy atom. The summed E-state index contributed by atoms with van der Waals surface area (Å²) < 4.78 is 39.0. The number of hydrogen-bond donors (Lipinski definition) is 1. The SMILES string of the molecule is CC(C)(C)N1CC[NH+](C(C)(C)C)C1.F[B-](F)(F)F. The Kier molecular flexibility index (Phi) is 5.68. The highest BCUT2D eigenvalue weighted by atomic mass is 19.5. The molecule has 1 N–H and O–H groups in total. The summed E-state index contributed by atoms with van der Waals surface area (Å²) >= 11 is 0. The number of quaternary nitrogens is 1. The number of halogens is 4. The van der Waals surface area contributed by atoms with Gasteiger partial charge in [0.25, 0.3) is 0 Å². The first-order valence-electron chi connectivity index (χ1n) is 6.19. The van der Waals surface area contributed by atoms with E-state index in [0.29, 0.717) is 11.1 Å². The van der Waals surface area contributed by atoms with Crippen LogP contribution in [0.2, 0.25) is 0 Å². The van der Waals surface area contributed by atoms with Gasteiger partial charge in [0.15, 0.2) is 0 Å². The molecular formula is C11H25BF4N2. The van der Waals surface area contributed by atoms with E-state index in [1.54, 1.807) is 4.90 Å². The smallest absolute Gasteiger partial charge is 0.418 e. The van der Waals surface area contributed by atoms with E-state index in [4.69, 9.17) is 0 Å². The maximum atomic E-state index is 9.75. The fourth-order valence-electron chi connectivity index (χ4n) is 1.84. The second-order valence-corrected chi connectivity index (χ2v) is 6.69. The average molecular weight is 272 g/mol. The van der Waals surface area contributed by atoms with E-state index in [9.17, 15) is 17.3 Å². The summed E-state index contributed by atoms with van der Waals surface area (Å²) in [5.74, 6) is 0. The van der Waals surface area contributed by atoms with Crippen molar-refractivity contribution < 1.29 is 22.2 Å². The molecule has 0 bridgehead atoms. The number of nitrogens with zero attached hydrogens (tertiary/aromatic N) is 1. The van der Waals surface area contributed by atoms with Crippen molar-refractivity contribution in [1.82, 2.24) is 4.90 Å². The summed E-state index contributed by atoms with van der Waals surface area (Å²) in [5, 5.41) is 0. The van der Waals surface area contributed by atoms with Gasteiger partial charge in [-0.2, -0.15) is 0 Å². The minimum atomic E-state index is -6.00. The van der Waals surface area contributed by atoms with Gasteiger partial charge in [-0.15, -0.1) is 0 Å². The Labute approximate surface area is 107 Å². The van der Waals surface area contributed by atoms with Crippen molar-refractivity contribution in [2.45, 2.75) is 52.6 Å². The standard InChI is InChI=1S/C11H24N2.BF4/c1-10(2,3)12-7-8-13(9-12)11(4,5)6;2-1(3,4)5/h7-9H2,1-6H3;/q;-1/p+1. The number of rotatable bonds is 0. The van der Waals surface area contributed by atoms with E-state index < -0.39 is 7.25 Å². The second kappa shape index (κ2) is 5.78. The molecular weight excluding hydrogens is 247 g/mol. The Hall–Kier alpha value is -0.295. The largest absolute Gasteiger partial charge is 0.673 e. The molecule has 110 valence electrons. The molecule has 1 aliphatic heterocycles. The van der Waals surface area contributed by atoms with Crippen molar-refractivity contribution in [3.05, 3.63) is 0 Å². The fourth-order valence-corrected chi connectivity index (χ4v) is 1.84.